The molecule has 0 aliphatic heterocycles. The molecular weight excluding hydrogens is 544 g/mol. The molecule has 0 aromatic rings. The number of unbranched alkanes of at least 4 members (excludes halogenated alkanes) is 19. The van der Waals surface area contributed by atoms with Gasteiger partial charge in [0.25, 0.3) is 0 Å². The fourth-order valence-electron chi connectivity index (χ4n) is 6.19. The molecule has 0 heterocycles. The van der Waals surface area contributed by atoms with Crippen LogP contribution in [0.15, 0.2) is 41.4 Å². The topological polar surface area (TPSA) is 15.6 Å². The second-order valence-electron chi connectivity index (χ2n) is 14.1. The van der Waals surface area contributed by atoms with Gasteiger partial charge < -0.3 is 4.90 Å². The highest BCUT2D eigenvalue weighted by Crippen LogP contribution is 2.24. The van der Waals surface area contributed by atoms with Crippen LogP contribution in [0.5, 0.6) is 0 Å². The van der Waals surface area contributed by atoms with Crippen molar-refractivity contribution in [3.8, 4) is 0 Å². The maximum absolute atomic E-state index is 4.61. The van der Waals surface area contributed by atoms with Crippen molar-refractivity contribution in [1.29, 1.82) is 0 Å². The third kappa shape index (κ3) is 38.9. The highest BCUT2D eigenvalue weighted by atomic mass is 15.0. The Balaban J connectivity index is 3.88. The number of hydrogen-bond acceptors (Lipinski definition) is 2. The predicted molar refractivity (Wildman–Crippen MR) is 208 cm³/mol. The van der Waals surface area contributed by atoms with Crippen molar-refractivity contribution in [2.45, 2.75) is 200 Å². The lowest BCUT2D eigenvalue weighted by Crippen LogP contribution is -2.12. The van der Waals surface area contributed by atoms with Gasteiger partial charge in [-0.25, -0.2) is 0 Å². The second-order valence-corrected chi connectivity index (χ2v) is 14.1. The van der Waals surface area contributed by atoms with Gasteiger partial charge in [0.2, 0.25) is 0 Å². The summed E-state index contributed by atoms with van der Waals surface area (Å²) in [4.78, 5) is 6.95. The minimum atomic E-state index is 0.977. The van der Waals surface area contributed by atoms with E-state index in [2.05, 4.69) is 80.5 Å². The van der Waals surface area contributed by atoms with E-state index in [0.717, 1.165) is 25.3 Å². The largest absolute Gasteiger partial charge is 0.309 e. The lowest BCUT2D eigenvalue weighted by molar-refractivity contribution is 0.352. The summed E-state index contributed by atoms with van der Waals surface area (Å²) < 4.78 is 0. The van der Waals surface area contributed by atoms with Crippen molar-refractivity contribution in [2.75, 3.05) is 27.2 Å². The molecular formula is C43H82N2. The van der Waals surface area contributed by atoms with E-state index in [-0.39, 0.29) is 0 Å². The molecule has 0 saturated heterocycles. The van der Waals surface area contributed by atoms with Gasteiger partial charge in [0, 0.05) is 19.2 Å². The first kappa shape index (κ1) is 43.9. The molecule has 1 atom stereocenters. The molecule has 0 spiro atoms. The number of aliphatic imine (C=N–C) groups is 1. The zero-order chi connectivity index (χ0) is 32.7. The number of nitrogens with zero attached hydrogens (tertiary/aromatic N) is 2. The lowest BCUT2D eigenvalue weighted by atomic mass is 9.89. The summed E-state index contributed by atoms with van der Waals surface area (Å²) in [6, 6.07) is 0. The van der Waals surface area contributed by atoms with Gasteiger partial charge in [0.1, 0.15) is 0 Å². The molecule has 0 aliphatic rings. The standard InChI is InChI=1S/C43H82N2/c1-5-7-9-11-13-14-15-16-17-18-19-20-21-22-26-31-37-43(39-33-30-36-42-45(3)4)38-32-27-23-25-29-35-41-44-40-34-28-24-12-10-8-6-2/h13-14,16-17,24,28,40,43H,5-12,15,18-23,25-27,29-39,41-42H2,1-4H3/b14-13-,17-16-,28-24-,44-40?. The van der Waals surface area contributed by atoms with E-state index >= 15 is 0 Å². The Morgan fingerprint density at radius 3 is 1.38 bits per heavy atom. The number of allylic oxidation sites excluding steroid dienone is 6. The Labute approximate surface area is 285 Å². The van der Waals surface area contributed by atoms with Crippen LogP contribution >= 0.6 is 0 Å². The van der Waals surface area contributed by atoms with Gasteiger partial charge in [-0.05, 0) is 84.3 Å². The average molecular weight is 627 g/mol. The Hall–Kier alpha value is -1.15. The molecule has 0 bridgehead atoms. The van der Waals surface area contributed by atoms with Crippen molar-refractivity contribution in [3.63, 3.8) is 0 Å². The third-order valence-corrected chi connectivity index (χ3v) is 9.19. The van der Waals surface area contributed by atoms with Gasteiger partial charge in [0.05, 0.1) is 0 Å². The first-order chi connectivity index (χ1) is 22.2. The fraction of sp³-hybridized carbons (Fsp3) is 0.837. The molecule has 45 heavy (non-hydrogen) atoms. The minimum absolute atomic E-state index is 0.977. The fourth-order valence-corrected chi connectivity index (χ4v) is 6.19. The summed E-state index contributed by atoms with van der Waals surface area (Å²) in [5.74, 6) is 0.977. The maximum atomic E-state index is 4.61. The van der Waals surface area contributed by atoms with Crippen molar-refractivity contribution in [3.05, 3.63) is 36.5 Å². The highest BCUT2D eigenvalue weighted by molar-refractivity contribution is 5.59. The molecule has 0 radical (unpaired) electrons. The smallest absolute Gasteiger partial charge is 0.0385 e. The maximum Gasteiger partial charge on any atom is 0.0385 e. The van der Waals surface area contributed by atoms with Crippen molar-refractivity contribution < 1.29 is 0 Å². The highest BCUT2D eigenvalue weighted by Gasteiger charge is 2.09. The average Bonchev–Trinajstić information content (AvgIpc) is 3.03. The van der Waals surface area contributed by atoms with Crippen LogP contribution in [-0.4, -0.2) is 38.3 Å². The summed E-state index contributed by atoms with van der Waals surface area (Å²) in [6.07, 6.45) is 55.7. The Bertz CT molecular complexity index is 611. The molecule has 1 unspecified atom stereocenters. The molecule has 0 rings (SSSR count). The molecule has 264 valence electrons. The third-order valence-electron chi connectivity index (χ3n) is 9.19. The summed E-state index contributed by atoms with van der Waals surface area (Å²) >= 11 is 0. The van der Waals surface area contributed by atoms with Crippen LogP contribution in [0.1, 0.15) is 200 Å². The van der Waals surface area contributed by atoms with Crippen molar-refractivity contribution in [2.24, 2.45) is 10.9 Å². The van der Waals surface area contributed by atoms with Gasteiger partial charge in [-0.15, -0.1) is 0 Å². The van der Waals surface area contributed by atoms with Gasteiger partial charge in [-0.3, -0.25) is 4.99 Å². The van der Waals surface area contributed by atoms with E-state index in [9.17, 15) is 0 Å². The van der Waals surface area contributed by atoms with Crippen LogP contribution in [0.25, 0.3) is 0 Å². The monoisotopic (exact) mass is 627 g/mol. The van der Waals surface area contributed by atoms with Gasteiger partial charge in [-0.2, -0.15) is 0 Å². The zero-order valence-electron chi connectivity index (χ0n) is 31.4. The van der Waals surface area contributed by atoms with Crippen LogP contribution in [0.4, 0.5) is 0 Å². The molecule has 0 aromatic carbocycles. The molecule has 0 aliphatic carbocycles. The van der Waals surface area contributed by atoms with Crippen molar-refractivity contribution in [1.82, 2.24) is 4.90 Å². The van der Waals surface area contributed by atoms with Crippen LogP contribution in [-0.2, 0) is 0 Å². The van der Waals surface area contributed by atoms with Crippen LogP contribution in [0.2, 0.25) is 0 Å². The normalized spacial score (nSPS) is 13.2. The molecule has 0 saturated carbocycles. The van der Waals surface area contributed by atoms with E-state index in [4.69, 9.17) is 0 Å². The molecule has 2 heteroatoms. The van der Waals surface area contributed by atoms with Gasteiger partial charge in [-0.1, -0.05) is 172 Å². The van der Waals surface area contributed by atoms with E-state index in [0.29, 0.717) is 0 Å². The summed E-state index contributed by atoms with van der Waals surface area (Å²) in [6.45, 7) is 6.81. The quantitative estimate of drug-likeness (QED) is 0.0384. The molecule has 2 nitrogen and oxygen atoms in total. The second kappa shape index (κ2) is 39.0. The Morgan fingerprint density at radius 1 is 0.444 bits per heavy atom. The minimum Gasteiger partial charge on any atom is -0.309 e. The van der Waals surface area contributed by atoms with E-state index in [1.165, 1.54) is 180 Å². The molecule has 0 N–H and O–H groups in total. The molecule has 0 fully saturated rings. The molecule has 0 amide bonds. The first-order valence-corrected chi connectivity index (χ1v) is 20.3. The first-order valence-electron chi connectivity index (χ1n) is 20.3. The summed E-state index contributed by atoms with van der Waals surface area (Å²) in [5.41, 5.74) is 0. The number of rotatable bonds is 36. The predicted octanol–water partition coefficient (Wildman–Crippen LogP) is 14.3. The number of hydrogen-bond donors (Lipinski definition) is 0. The van der Waals surface area contributed by atoms with Crippen LogP contribution in [0.3, 0.4) is 0 Å². The Morgan fingerprint density at radius 2 is 0.867 bits per heavy atom. The van der Waals surface area contributed by atoms with E-state index < -0.39 is 0 Å². The summed E-state index contributed by atoms with van der Waals surface area (Å²) in [7, 11) is 4.41. The van der Waals surface area contributed by atoms with Gasteiger partial charge in [0.15, 0.2) is 0 Å². The Kier molecular flexibility index (Phi) is 38.0. The molecule has 0 aromatic heterocycles. The van der Waals surface area contributed by atoms with Crippen LogP contribution in [0, 0.1) is 5.92 Å². The lowest BCUT2D eigenvalue weighted by Gasteiger charge is -2.17. The van der Waals surface area contributed by atoms with Gasteiger partial charge >= 0.3 is 0 Å². The SMILES string of the molecule is CCCCC/C=C\CC=NCCCCCCCCC(CCCCCCCC/C=C\C/C=C\CCCCC)CCCCCN(C)C. The van der Waals surface area contributed by atoms with Crippen molar-refractivity contribution >= 4 is 6.21 Å². The van der Waals surface area contributed by atoms with Crippen LogP contribution < -0.4 is 0 Å². The van der Waals surface area contributed by atoms with E-state index in [1.807, 2.05) is 0 Å². The van der Waals surface area contributed by atoms with E-state index in [1.54, 1.807) is 0 Å². The zero-order valence-corrected chi connectivity index (χ0v) is 31.4. The summed E-state index contributed by atoms with van der Waals surface area (Å²) in [5, 5.41) is 0.